The minimum Gasteiger partial charge on any atom is -0.395 e. The molecule has 0 heterocycles. The third-order valence-electron chi connectivity index (χ3n) is 3.06. The molecule has 22 heavy (non-hydrogen) atoms. The molecule has 0 bridgehead atoms. The molecule has 6 heteroatoms. The molecule has 5 nitrogen and oxygen atoms in total. The van der Waals surface area contributed by atoms with Gasteiger partial charge >= 0.3 is 8.80 Å². The lowest BCUT2D eigenvalue weighted by molar-refractivity contribution is 0.0683. The van der Waals surface area contributed by atoms with Crippen molar-refractivity contribution in [2.24, 2.45) is 5.92 Å². The van der Waals surface area contributed by atoms with Crippen LogP contribution in [0.4, 0.5) is 0 Å². The standard InChI is InChI=1S/C10H24O3Si.C6H15NO/c1-6-11-14(12-7-2,13-8-3)9-10(4)5;1-3-7(4-2)5-6-8/h10H,6-9H2,1-5H3;8H,3-6H2,1-2H3. The van der Waals surface area contributed by atoms with E-state index in [1.165, 1.54) is 0 Å². The Morgan fingerprint density at radius 2 is 1.27 bits per heavy atom. The number of aliphatic hydroxyl groups excluding tert-OH is 1. The average Bonchev–Trinajstić information content (AvgIpc) is 2.45. The minimum absolute atomic E-state index is 0.279. The van der Waals surface area contributed by atoms with E-state index in [0.717, 1.165) is 25.7 Å². The second-order valence-corrected chi connectivity index (χ2v) is 7.97. The molecule has 0 atom stereocenters. The minimum atomic E-state index is -2.36. The SMILES string of the molecule is CCN(CC)CCO.CCO[Si](CC(C)C)(OCC)OCC. The first kappa shape index (κ1) is 24.3. The first-order valence-corrected chi connectivity index (χ1v) is 10.6. The summed E-state index contributed by atoms with van der Waals surface area (Å²) in [6.07, 6.45) is 0. The summed E-state index contributed by atoms with van der Waals surface area (Å²) in [5, 5.41) is 8.46. The van der Waals surface area contributed by atoms with Gasteiger partial charge in [-0.1, -0.05) is 27.7 Å². The van der Waals surface area contributed by atoms with E-state index in [1.54, 1.807) is 0 Å². The Hall–Kier alpha value is 0.0169. The van der Waals surface area contributed by atoms with Crippen molar-refractivity contribution in [1.29, 1.82) is 0 Å². The lowest BCUT2D eigenvalue weighted by Gasteiger charge is -2.29. The van der Waals surface area contributed by atoms with Crippen LogP contribution >= 0.6 is 0 Å². The highest BCUT2D eigenvalue weighted by Gasteiger charge is 2.40. The second kappa shape index (κ2) is 15.9. The number of nitrogens with zero attached hydrogens (tertiary/aromatic N) is 1. The van der Waals surface area contributed by atoms with Gasteiger partial charge in [-0.3, -0.25) is 0 Å². The molecule has 136 valence electrons. The highest BCUT2D eigenvalue weighted by molar-refractivity contribution is 6.60. The van der Waals surface area contributed by atoms with E-state index in [1.807, 2.05) is 20.8 Å². The number of hydrogen-bond acceptors (Lipinski definition) is 5. The Kier molecular flexibility index (Phi) is 17.5. The normalized spacial score (nSPS) is 11.7. The lowest BCUT2D eigenvalue weighted by Crippen LogP contribution is -2.46. The predicted molar refractivity (Wildman–Crippen MR) is 95.2 cm³/mol. The Morgan fingerprint density at radius 3 is 1.45 bits per heavy atom. The van der Waals surface area contributed by atoms with Crippen molar-refractivity contribution >= 4 is 8.80 Å². The smallest absolute Gasteiger partial charge is 0.395 e. The first-order chi connectivity index (χ1) is 10.4. The molecule has 0 unspecified atom stereocenters. The van der Waals surface area contributed by atoms with E-state index in [2.05, 4.69) is 32.6 Å². The zero-order valence-electron chi connectivity index (χ0n) is 15.9. The largest absolute Gasteiger partial charge is 0.501 e. The molecule has 0 saturated carbocycles. The Labute approximate surface area is 139 Å². The van der Waals surface area contributed by atoms with Crippen LogP contribution in [0, 0.1) is 5.92 Å². The van der Waals surface area contributed by atoms with Crippen molar-refractivity contribution in [2.75, 3.05) is 46.1 Å². The summed E-state index contributed by atoms with van der Waals surface area (Å²) in [7, 11) is -2.36. The van der Waals surface area contributed by atoms with Crippen LogP contribution in [0.25, 0.3) is 0 Å². The summed E-state index contributed by atoms with van der Waals surface area (Å²) in [4.78, 5) is 2.18. The summed E-state index contributed by atoms with van der Waals surface area (Å²) in [5.41, 5.74) is 0. The molecule has 0 rings (SSSR count). The molecule has 0 aromatic rings. The quantitative estimate of drug-likeness (QED) is 0.555. The van der Waals surface area contributed by atoms with Crippen LogP contribution in [0.5, 0.6) is 0 Å². The molecule has 0 radical (unpaired) electrons. The van der Waals surface area contributed by atoms with Gasteiger partial charge in [0.15, 0.2) is 0 Å². The number of hydrogen-bond donors (Lipinski definition) is 1. The van der Waals surface area contributed by atoms with Gasteiger partial charge in [0.1, 0.15) is 0 Å². The molecule has 0 aliphatic carbocycles. The van der Waals surface area contributed by atoms with Crippen molar-refractivity contribution in [3.63, 3.8) is 0 Å². The monoisotopic (exact) mass is 337 g/mol. The van der Waals surface area contributed by atoms with Crippen LogP contribution in [0.15, 0.2) is 0 Å². The molecule has 0 aliphatic heterocycles. The third kappa shape index (κ3) is 12.5. The summed E-state index contributed by atoms with van der Waals surface area (Å²) in [6, 6.07) is 0.905. The van der Waals surface area contributed by atoms with Crippen molar-refractivity contribution < 1.29 is 18.4 Å². The maximum absolute atomic E-state index is 8.46. The maximum atomic E-state index is 8.46. The van der Waals surface area contributed by atoms with Crippen LogP contribution in [0.3, 0.4) is 0 Å². The van der Waals surface area contributed by atoms with E-state index in [-0.39, 0.29) is 6.61 Å². The molecule has 0 aromatic carbocycles. The van der Waals surface area contributed by atoms with Gasteiger partial charge in [-0.2, -0.15) is 0 Å². The second-order valence-electron chi connectivity index (χ2n) is 5.33. The number of likely N-dealkylation sites (N-methyl/N-ethyl adjacent to an activating group) is 1. The zero-order chi connectivity index (χ0) is 17.4. The number of aliphatic hydroxyl groups is 1. The van der Waals surface area contributed by atoms with Crippen molar-refractivity contribution in [1.82, 2.24) is 4.90 Å². The van der Waals surface area contributed by atoms with E-state index < -0.39 is 8.80 Å². The summed E-state index contributed by atoms with van der Waals surface area (Å²) in [6.45, 7) is 19.6. The van der Waals surface area contributed by atoms with Gasteiger partial charge in [0.25, 0.3) is 0 Å². The lowest BCUT2D eigenvalue weighted by atomic mass is 10.3. The third-order valence-corrected chi connectivity index (χ3v) is 6.56. The highest BCUT2D eigenvalue weighted by atomic mass is 28.4. The van der Waals surface area contributed by atoms with Crippen LogP contribution in [-0.4, -0.2) is 64.9 Å². The fourth-order valence-electron chi connectivity index (χ4n) is 2.14. The van der Waals surface area contributed by atoms with E-state index >= 15 is 0 Å². The molecule has 0 aliphatic rings. The van der Waals surface area contributed by atoms with Crippen LogP contribution < -0.4 is 0 Å². The fraction of sp³-hybridized carbons (Fsp3) is 1.00. The summed E-state index contributed by atoms with van der Waals surface area (Å²) < 4.78 is 17.1. The Bertz CT molecular complexity index is 209. The van der Waals surface area contributed by atoms with Gasteiger partial charge < -0.3 is 23.3 Å². The van der Waals surface area contributed by atoms with Crippen LogP contribution in [0.2, 0.25) is 6.04 Å². The van der Waals surface area contributed by atoms with Gasteiger partial charge in [0.05, 0.1) is 6.61 Å². The van der Waals surface area contributed by atoms with Gasteiger partial charge in [0.2, 0.25) is 0 Å². The zero-order valence-corrected chi connectivity index (χ0v) is 16.9. The van der Waals surface area contributed by atoms with E-state index in [4.69, 9.17) is 18.4 Å². The van der Waals surface area contributed by atoms with E-state index in [0.29, 0.717) is 25.7 Å². The Morgan fingerprint density at radius 1 is 0.864 bits per heavy atom. The first-order valence-electron chi connectivity index (χ1n) is 8.70. The molecule has 0 amide bonds. The molecule has 0 aromatic heterocycles. The van der Waals surface area contributed by atoms with Gasteiger partial charge in [0, 0.05) is 32.4 Å². The van der Waals surface area contributed by atoms with Crippen LogP contribution in [0.1, 0.15) is 48.5 Å². The van der Waals surface area contributed by atoms with Crippen LogP contribution in [-0.2, 0) is 13.3 Å². The molecule has 0 saturated heterocycles. The highest BCUT2D eigenvalue weighted by Crippen LogP contribution is 2.21. The maximum Gasteiger partial charge on any atom is 0.501 e. The van der Waals surface area contributed by atoms with Crippen molar-refractivity contribution in [3.8, 4) is 0 Å². The summed E-state index contributed by atoms with van der Waals surface area (Å²) in [5.74, 6) is 0.548. The van der Waals surface area contributed by atoms with Gasteiger partial charge in [-0.25, -0.2) is 0 Å². The van der Waals surface area contributed by atoms with Gasteiger partial charge in [-0.15, -0.1) is 0 Å². The molecule has 0 fully saturated rings. The molecular weight excluding hydrogens is 298 g/mol. The van der Waals surface area contributed by atoms with Crippen molar-refractivity contribution in [2.45, 2.75) is 54.5 Å². The predicted octanol–water partition coefficient (Wildman–Crippen LogP) is 3.01. The van der Waals surface area contributed by atoms with Gasteiger partial charge in [-0.05, 0) is 39.8 Å². The number of rotatable bonds is 12. The molecule has 1 N–H and O–H groups in total. The Balaban J connectivity index is 0. The molecular formula is C16H39NO4Si. The molecule has 0 spiro atoms. The fourth-order valence-corrected chi connectivity index (χ4v) is 5.07. The van der Waals surface area contributed by atoms with E-state index in [9.17, 15) is 0 Å². The summed E-state index contributed by atoms with van der Waals surface area (Å²) >= 11 is 0. The topological polar surface area (TPSA) is 51.2 Å². The average molecular weight is 338 g/mol. The van der Waals surface area contributed by atoms with Crippen molar-refractivity contribution in [3.05, 3.63) is 0 Å².